The van der Waals surface area contributed by atoms with Crippen LogP contribution in [-0.4, -0.2) is 35.3 Å². The summed E-state index contributed by atoms with van der Waals surface area (Å²) in [5, 5.41) is 0.557. The second-order valence-corrected chi connectivity index (χ2v) is 7.69. The van der Waals surface area contributed by atoms with Gasteiger partial charge in [-0.25, -0.2) is 4.39 Å². The Morgan fingerprint density at radius 2 is 1.85 bits per heavy atom. The number of hydrogen-bond acceptors (Lipinski definition) is 3. The number of hydrogen-bond donors (Lipinski definition) is 0. The van der Waals surface area contributed by atoms with Gasteiger partial charge in [0, 0.05) is 36.5 Å². The normalized spacial score (nSPS) is 18.2. The van der Waals surface area contributed by atoms with E-state index in [-0.39, 0.29) is 23.9 Å². The molecule has 1 amide bonds. The van der Waals surface area contributed by atoms with Gasteiger partial charge in [-0.15, -0.1) is 0 Å². The first-order chi connectivity index (χ1) is 12.9. The molecule has 0 aliphatic carbocycles. The standard InChI is InChI=1S/C21H19ClFNO3/c1-13-10-19-16(11-17(13)22)18(25)12-21(27-19)6-8-24(9-7-21)20(26)14-2-4-15(23)5-3-14/h2-5,10-11H,6-9,12H2,1H3. The molecule has 0 unspecified atom stereocenters. The van der Waals surface area contributed by atoms with Gasteiger partial charge in [0.05, 0.1) is 12.0 Å². The number of ether oxygens (including phenoxy) is 1. The number of ketones is 1. The van der Waals surface area contributed by atoms with Crippen LogP contribution in [0.3, 0.4) is 0 Å². The van der Waals surface area contributed by atoms with Crippen molar-refractivity contribution in [3.63, 3.8) is 0 Å². The highest BCUT2D eigenvalue weighted by Crippen LogP contribution is 2.41. The van der Waals surface area contributed by atoms with E-state index in [0.29, 0.717) is 47.8 Å². The summed E-state index contributed by atoms with van der Waals surface area (Å²) in [5.74, 6) is 0.102. The van der Waals surface area contributed by atoms with E-state index < -0.39 is 5.60 Å². The number of Topliss-reactive ketones (excluding diaryl/α,β-unsaturated/α-hetero) is 1. The summed E-state index contributed by atoms with van der Waals surface area (Å²) in [7, 11) is 0. The molecule has 1 fully saturated rings. The Morgan fingerprint density at radius 3 is 2.52 bits per heavy atom. The van der Waals surface area contributed by atoms with Crippen LogP contribution >= 0.6 is 11.6 Å². The predicted octanol–water partition coefficient (Wildman–Crippen LogP) is 4.43. The number of amides is 1. The molecule has 2 aliphatic heterocycles. The molecule has 2 heterocycles. The Labute approximate surface area is 161 Å². The van der Waals surface area contributed by atoms with Gasteiger partial charge >= 0.3 is 0 Å². The molecule has 2 aromatic rings. The van der Waals surface area contributed by atoms with Gasteiger partial charge in [-0.2, -0.15) is 0 Å². The third-order valence-corrected chi connectivity index (χ3v) is 5.83. The van der Waals surface area contributed by atoms with E-state index in [4.69, 9.17) is 16.3 Å². The number of rotatable bonds is 1. The Balaban J connectivity index is 1.50. The van der Waals surface area contributed by atoms with E-state index in [0.717, 1.165) is 5.56 Å². The number of nitrogens with zero attached hydrogens (tertiary/aromatic N) is 1. The summed E-state index contributed by atoms with van der Waals surface area (Å²) in [4.78, 5) is 27.0. The topological polar surface area (TPSA) is 46.6 Å². The van der Waals surface area contributed by atoms with Gasteiger partial charge in [0.15, 0.2) is 5.78 Å². The van der Waals surface area contributed by atoms with Crippen molar-refractivity contribution < 1.29 is 18.7 Å². The zero-order valence-corrected chi connectivity index (χ0v) is 15.7. The van der Waals surface area contributed by atoms with Gasteiger partial charge in [0.2, 0.25) is 0 Å². The van der Waals surface area contributed by atoms with Crippen molar-refractivity contribution in [3.05, 3.63) is 63.9 Å². The van der Waals surface area contributed by atoms with Crippen molar-refractivity contribution in [2.75, 3.05) is 13.1 Å². The third kappa shape index (κ3) is 3.32. The quantitative estimate of drug-likeness (QED) is 0.727. The number of piperidine rings is 1. The molecule has 4 rings (SSSR count). The van der Waals surface area contributed by atoms with Gasteiger partial charge in [0.1, 0.15) is 17.2 Å². The smallest absolute Gasteiger partial charge is 0.253 e. The highest BCUT2D eigenvalue weighted by molar-refractivity contribution is 6.31. The molecule has 0 saturated carbocycles. The largest absolute Gasteiger partial charge is 0.486 e. The number of carbonyl (C=O) groups excluding carboxylic acids is 2. The van der Waals surface area contributed by atoms with Gasteiger partial charge in [-0.1, -0.05) is 11.6 Å². The molecular formula is C21H19ClFNO3. The van der Waals surface area contributed by atoms with Crippen LogP contribution in [0.4, 0.5) is 4.39 Å². The first-order valence-electron chi connectivity index (χ1n) is 8.94. The number of likely N-dealkylation sites (tertiary alicyclic amines) is 1. The lowest BCUT2D eigenvalue weighted by Crippen LogP contribution is -2.52. The maximum atomic E-state index is 13.1. The lowest BCUT2D eigenvalue weighted by atomic mass is 9.82. The van der Waals surface area contributed by atoms with Crippen LogP contribution in [0.2, 0.25) is 5.02 Å². The second kappa shape index (κ2) is 6.64. The van der Waals surface area contributed by atoms with E-state index in [9.17, 15) is 14.0 Å². The number of halogens is 2. The molecule has 1 saturated heterocycles. The van der Waals surface area contributed by atoms with Crippen LogP contribution in [0, 0.1) is 12.7 Å². The minimum absolute atomic E-state index is 0.0245. The van der Waals surface area contributed by atoms with Crippen LogP contribution in [0.1, 0.15) is 45.5 Å². The Bertz CT molecular complexity index is 918. The molecule has 4 nitrogen and oxygen atoms in total. The monoisotopic (exact) mass is 387 g/mol. The second-order valence-electron chi connectivity index (χ2n) is 7.28. The first-order valence-corrected chi connectivity index (χ1v) is 9.32. The zero-order chi connectivity index (χ0) is 19.2. The summed E-state index contributed by atoms with van der Waals surface area (Å²) in [6.45, 7) is 2.86. The summed E-state index contributed by atoms with van der Waals surface area (Å²) < 4.78 is 19.3. The van der Waals surface area contributed by atoms with Crippen LogP contribution < -0.4 is 4.74 Å². The van der Waals surface area contributed by atoms with Gasteiger partial charge in [-0.05, 0) is 48.9 Å². The first kappa shape index (κ1) is 18.0. The average Bonchev–Trinajstić information content (AvgIpc) is 2.64. The van der Waals surface area contributed by atoms with E-state index in [1.807, 2.05) is 13.0 Å². The van der Waals surface area contributed by atoms with Crippen LogP contribution in [0.5, 0.6) is 5.75 Å². The Hall–Kier alpha value is -2.40. The molecule has 0 aromatic heterocycles. The number of carbonyl (C=O) groups is 2. The molecular weight excluding hydrogens is 369 g/mol. The maximum absolute atomic E-state index is 13.1. The molecule has 6 heteroatoms. The highest BCUT2D eigenvalue weighted by atomic mass is 35.5. The molecule has 0 bridgehead atoms. The van der Waals surface area contributed by atoms with Crippen molar-refractivity contribution in [1.29, 1.82) is 0 Å². The number of benzene rings is 2. The lowest BCUT2D eigenvalue weighted by Gasteiger charge is -2.44. The van der Waals surface area contributed by atoms with Crippen LogP contribution in [0.25, 0.3) is 0 Å². The predicted molar refractivity (Wildman–Crippen MR) is 100 cm³/mol. The van der Waals surface area contributed by atoms with E-state index in [1.54, 1.807) is 11.0 Å². The Morgan fingerprint density at radius 1 is 1.19 bits per heavy atom. The molecule has 1 spiro atoms. The van der Waals surface area contributed by atoms with Crippen molar-refractivity contribution >= 4 is 23.3 Å². The van der Waals surface area contributed by atoms with Crippen molar-refractivity contribution in [3.8, 4) is 5.75 Å². The Kier molecular flexibility index (Phi) is 4.42. The lowest BCUT2D eigenvalue weighted by molar-refractivity contribution is -0.00573. The van der Waals surface area contributed by atoms with Gasteiger partial charge in [0.25, 0.3) is 5.91 Å². The molecule has 27 heavy (non-hydrogen) atoms. The summed E-state index contributed by atoms with van der Waals surface area (Å²) >= 11 is 6.13. The molecule has 0 N–H and O–H groups in total. The number of fused-ring (bicyclic) bond motifs is 1. The molecule has 0 atom stereocenters. The molecule has 2 aromatic carbocycles. The SMILES string of the molecule is Cc1cc2c(cc1Cl)C(=O)CC1(CCN(C(=O)c3ccc(F)cc3)CC1)O2. The van der Waals surface area contributed by atoms with Crippen molar-refractivity contribution in [2.45, 2.75) is 31.8 Å². The highest BCUT2D eigenvalue weighted by Gasteiger charge is 2.43. The van der Waals surface area contributed by atoms with Crippen LogP contribution in [-0.2, 0) is 0 Å². The summed E-state index contributed by atoms with van der Waals surface area (Å²) in [5.41, 5.74) is 1.28. The van der Waals surface area contributed by atoms with E-state index in [1.165, 1.54) is 24.3 Å². The number of aryl methyl sites for hydroxylation is 1. The van der Waals surface area contributed by atoms with Crippen molar-refractivity contribution in [2.24, 2.45) is 0 Å². The fourth-order valence-electron chi connectivity index (χ4n) is 3.79. The minimum atomic E-state index is -0.579. The summed E-state index contributed by atoms with van der Waals surface area (Å²) in [6, 6.07) is 9.04. The minimum Gasteiger partial charge on any atom is -0.486 e. The fourth-order valence-corrected chi connectivity index (χ4v) is 3.95. The van der Waals surface area contributed by atoms with Crippen LogP contribution in [0.15, 0.2) is 36.4 Å². The van der Waals surface area contributed by atoms with E-state index in [2.05, 4.69) is 0 Å². The zero-order valence-electron chi connectivity index (χ0n) is 14.9. The maximum Gasteiger partial charge on any atom is 0.253 e. The molecule has 140 valence electrons. The fraction of sp³-hybridized carbons (Fsp3) is 0.333. The van der Waals surface area contributed by atoms with Gasteiger partial charge in [-0.3, -0.25) is 9.59 Å². The van der Waals surface area contributed by atoms with Gasteiger partial charge < -0.3 is 9.64 Å². The third-order valence-electron chi connectivity index (χ3n) is 5.42. The van der Waals surface area contributed by atoms with E-state index >= 15 is 0 Å². The van der Waals surface area contributed by atoms with Crippen molar-refractivity contribution in [1.82, 2.24) is 4.90 Å². The molecule has 2 aliphatic rings. The molecule has 0 radical (unpaired) electrons. The average molecular weight is 388 g/mol. The summed E-state index contributed by atoms with van der Waals surface area (Å²) in [6.07, 6.45) is 1.44.